The number of nitrogens with zero attached hydrogens (tertiary/aromatic N) is 1. The lowest BCUT2D eigenvalue weighted by Gasteiger charge is -2.16. The van der Waals surface area contributed by atoms with Gasteiger partial charge in [-0.25, -0.2) is 21.1 Å². The number of rotatable bonds is 5. The first-order valence-electron chi connectivity index (χ1n) is 5.72. The third-order valence-electron chi connectivity index (χ3n) is 3.03. The molecule has 0 spiro atoms. The summed E-state index contributed by atoms with van der Waals surface area (Å²) < 4.78 is 47.9. The zero-order valence-corrected chi connectivity index (χ0v) is 12.7. The number of sulfonamides is 1. The van der Waals surface area contributed by atoms with E-state index >= 15 is 0 Å². The van der Waals surface area contributed by atoms with Crippen LogP contribution in [0.2, 0.25) is 0 Å². The molecule has 0 bridgehead atoms. The molecule has 1 aliphatic carbocycles. The van der Waals surface area contributed by atoms with Gasteiger partial charge >= 0.3 is 0 Å². The smallest absolute Gasteiger partial charge is 0.207 e. The summed E-state index contributed by atoms with van der Waals surface area (Å²) in [6.45, 7) is 0.498. The van der Waals surface area contributed by atoms with E-state index in [1.54, 1.807) is 0 Å². The molecule has 0 N–H and O–H groups in total. The maximum Gasteiger partial charge on any atom is 0.261 e. The van der Waals surface area contributed by atoms with Gasteiger partial charge in [0.25, 0.3) is 9.05 Å². The lowest BCUT2D eigenvalue weighted by atomic mass is 10.4. The molecule has 106 valence electrons. The molecule has 1 aromatic rings. The standard InChI is InChI=1S/C11H14ClNO4S2/c1-13(8-9-2-3-9)19(16,17)11-6-4-10(5-7-11)18(12,14)15/h4-7,9H,2-3,8H2,1H3. The highest BCUT2D eigenvalue weighted by atomic mass is 35.7. The first-order chi connectivity index (χ1) is 8.71. The first-order valence-corrected chi connectivity index (χ1v) is 9.47. The van der Waals surface area contributed by atoms with Crippen molar-refractivity contribution in [2.45, 2.75) is 22.6 Å². The summed E-state index contributed by atoms with van der Waals surface area (Å²) in [5.74, 6) is 0.447. The van der Waals surface area contributed by atoms with E-state index in [1.807, 2.05) is 0 Å². The third-order valence-corrected chi connectivity index (χ3v) is 6.23. The van der Waals surface area contributed by atoms with E-state index in [9.17, 15) is 16.8 Å². The SMILES string of the molecule is CN(CC1CC1)S(=O)(=O)c1ccc(S(=O)(=O)Cl)cc1. The second kappa shape index (κ2) is 5.05. The van der Waals surface area contributed by atoms with Gasteiger partial charge in [0.2, 0.25) is 10.0 Å². The van der Waals surface area contributed by atoms with Crippen molar-refractivity contribution in [3.63, 3.8) is 0 Å². The van der Waals surface area contributed by atoms with Gasteiger partial charge in [-0.1, -0.05) is 0 Å². The minimum Gasteiger partial charge on any atom is -0.207 e. The maximum absolute atomic E-state index is 12.2. The van der Waals surface area contributed by atoms with Crippen molar-refractivity contribution in [3.8, 4) is 0 Å². The third kappa shape index (κ3) is 3.47. The average molecular weight is 324 g/mol. The number of hydrogen-bond acceptors (Lipinski definition) is 4. The minimum atomic E-state index is -3.83. The predicted octanol–water partition coefficient (Wildman–Crippen LogP) is 1.64. The number of hydrogen-bond donors (Lipinski definition) is 0. The van der Waals surface area contributed by atoms with Crippen molar-refractivity contribution < 1.29 is 16.8 Å². The number of halogens is 1. The Labute approximate surface area is 117 Å². The Morgan fingerprint density at radius 2 is 1.58 bits per heavy atom. The minimum absolute atomic E-state index is 0.0692. The molecule has 8 heteroatoms. The molecule has 5 nitrogen and oxygen atoms in total. The lowest BCUT2D eigenvalue weighted by Crippen LogP contribution is -2.28. The molecule has 0 saturated heterocycles. The fraction of sp³-hybridized carbons (Fsp3) is 0.455. The summed E-state index contributed by atoms with van der Waals surface area (Å²) in [5, 5.41) is 0. The molecular formula is C11H14ClNO4S2. The monoisotopic (exact) mass is 323 g/mol. The Hall–Kier alpha value is -0.630. The molecular weight excluding hydrogens is 310 g/mol. The Bertz CT molecular complexity index is 663. The van der Waals surface area contributed by atoms with Crippen molar-refractivity contribution in [2.24, 2.45) is 5.92 Å². The van der Waals surface area contributed by atoms with Crippen molar-refractivity contribution in [3.05, 3.63) is 24.3 Å². The Morgan fingerprint density at radius 3 is 2.00 bits per heavy atom. The fourth-order valence-corrected chi connectivity index (χ4v) is 3.73. The van der Waals surface area contributed by atoms with E-state index in [1.165, 1.54) is 35.6 Å². The van der Waals surface area contributed by atoms with E-state index < -0.39 is 19.1 Å². The van der Waals surface area contributed by atoms with Crippen LogP contribution in [-0.4, -0.2) is 34.7 Å². The summed E-state index contributed by atoms with van der Waals surface area (Å²) >= 11 is 0. The zero-order valence-electron chi connectivity index (χ0n) is 10.3. The second-order valence-corrected chi connectivity index (χ2v) is 9.25. The van der Waals surface area contributed by atoms with Gasteiger partial charge in [-0.3, -0.25) is 0 Å². The summed E-state index contributed by atoms with van der Waals surface area (Å²) in [7, 11) is -0.687. The van der Waals surface area contributed by atoms with Crippen LogP contribution in [-0.2, 0) is 19.1 Å². The molecule has 0 aliphatic heterocycles. The van der Waals surface area contributed by atoms with Crippen LogP contribution in [0.4, 0.5) is 0 Å². The van der Waals surface area contributed by atoms with Crippen molar-refractivity contribution in [2.75, 3.05) is 13.6 Å². The highest BCUT2D eigenvalue weighted by Gasteiger charge is 2.29. The van der Waals surface area contributed by atoms with Crippen LogP contribution in [0.25, 0.3) is 0 Å². The van der Waals surface area contributed by atoms with Gasteiger partial charge in [0.1, 0.15) is 0 Å². The van der Waals surface area contributed by atoms with Crippen LogP contribution in [0.3, 0.4) is 0 Å². The molecule has 0 radical (unpaired) electrons. The van der Waals surface area contributed by atoms with Crippen molar-refractivity contribution in [1.82, 2.24) is 4.31 Å². The van der Waals surface area contributed by atoms with Gasteiger partial charge in [-0.05, 0) is 43.0 Å². The van der Waals surface area contributed by atoms with Gasteiger partial charge < -0.3 is 0 Å². The maximum atomic E-state index is 12.2. The Morgan fingerprint density at radius 1 is 1.11 bits per heavy atom. The van der Waals surface area contributed by atoms with Crippen molar-refractivity contribution >= 4 is 29.8 Å². The highest BCUT2D eigenvalue weighted by molar-refractivity contribution is 8.13. The quantitative estimate of drug-likeness (QED) is 0.772. The predicted molar refractivity (Wildman–Crippen MR) is 72.0 cm³/mol. The van der Waals surface area contributed by atoms with Crippen molar-refractivity contribution in [1.29, 1.82) is 0 Å². The molecule has 0 amide bonds. The molecule has 1 aromatic carbocycles. The Balaban J connectivity index is 2.25. The summed E-state index contributed by atoms with van der Waals surface area (Å²) in [4.78, 5) is -0.0438. The highest BCUT2D eigenvalue weighted by Crippen LogP contribution is 2.31. The molecule has 0 unspecified atom stereocenters. The van der Waals surface area contributed by atoms with E-state index in [4.69, 9.17) is 10.7 Å². The largest absolute Gasteiger partial charge is 0.261 e. The van der Waals surface area contributed by atoms with Crippen LogP contribution in [0.1, 0.15) is 12.8 Å². The van der Waals surface area contributed by atoms with Gasteiger partial charge in [-0.2, -0.15) is 0 Å². The molecule has 1 fully saturated rings. The molecule has 0 atom stereocenters. The van der Waals surface area contributed by atoms with Gasteiger partial charge in [-0.15, -0.1) is 0 Å². The molecule has 0 heterocycles. The molecule has 0 aromatic heterocycles. The Kier molecular flexibility index (Phi) is 3.92. The van der Waals surface area contributed by atoms with Gasteiger partial charge in [0.05, 0.1) is 9.79 Å². The first kappa shape index (κ1) is 14.8. The second-order valence-electron chi connectivity index (χ2n) is 4.64. The summed E-state index contributed by atoms with van der Waals surface area (Å²) in [6, 6.07) is 4.91. The topological polar surface area (TPSA) is 71.5 Å². The fourth-order valence-electron chi connectivity index (χ4n) is 1.72. The molecule has 2 rings (SSSR count). The average Bonchev–Trinajstić information content (AvgIpc) is 3.12. The van der Waals surface area contributed by atoms with Crippen LogP contribution in [0.15, 0.2) is 34.1 Å². The summed E-state index contributed by atoms with van der Waals surface area (Å²) in [6.07, 6.45) is 2.12. The van der Waals surface area contributed by atoms with Crippen LogP contribution >= 0.6 is 10.7 Å². The van der Waals surface area contributed by atoms with E-state index in [2.05, 4.69) is 0 Å². The van der Waals surface area contributed by atoms with Crippen LogP contribution in [0, 0.1) is 5.92 Å². The summed E-state index contributed by atoms with van der Waals surface area (Å²) in [5.41, 5.74) is 0. The van der Waals surface area contributed by atoms with Gasteiger partial charge in [0, 0.05) is 24.3 Å². The van der Waals surface area contributed by atoms with E-state index in [-0.39, 0.29) is 9.79 Å². The zero-order chi connectivity index (χ0) is 14.3. The van der Waals surface area contributed by atoms with E-state index in [0.717, 1.165) is 12.8 Å². The normalized spacial score (nSPS) is 16.8. The number of benzene rings is 1. The van der Waals surface area contributed by atoms with Crippen LogP contribution < -0.4 is 0 Å². The van der Waals surface area contributed by atoms with Crippen LogP contribution in [0.5, 0.6) is 0 Å². The molecule has 19 heavy (non-hydrogen) atoms. The van der Waals surface area contributed by atoms with Gasteiger partial charge in [0.15, 0.2) is 0 Å². The van der Waals surface area contributed by atoms with E-state index in [0.29, 0.717) is 12.5 Å². The lowest BCUT2D eigenvalue weighted by molar-refractivity contribution is 0.453. The molecule has 1 saturated carbocycles. The molecule has 1 aliphatic rings.